The lowest BCUT2D eigenvalue weighted by atomic mass is 10.0. The molecule has 16 heavy (non-hydrogen) atoms. The minimum absolute atomic E-state index is 0.543. The molecule has 2 atom stereocenters. The average Bonchev–Trinajstić information content (AvgIpc) is 2.38. The van der Waals surface area contributed by atoms with Crippen LogP contribution < -0.4 is 5.32 Å². The monoisotopic (exact) mass is 226 g/mol. The molecule has 0 radical (unpaired) electrons. The molecular formula is C13H26N2O. The molecule has 0 aromatic carbocycles. The molecule has 3 heteroatoms. The van der Waals surface area contributed by atoms with Crippen molar-refractivity contribution in [2.75, 3.05) is 32.8 Å². The third kappa shape index (κ3) is 3.44. The molecule has 2 fully saturated rings. The highest BCUT2D eigenvalue weighted by molar-refractivity contribution is 4.79. The van der Waals surface area contributed by atoms with Crippen LogP contribution >= 0.6 is 0 Å². The molecule has 0 aliphatic carbocycles. The molecule has 2 unspecified atom stereocenters. The lowest BCUT2D eigenvalue weighted by Crippen LogP contribution is -2.51. The number of nitrogens with zero attached hydrogens (tertiary/aromatic N) is 1. The Hall–Kier alpha value is -0.120. The first kappa shape index (κ1) is 12.3. The van der Waals surface area contributed by atoms with E-state index < -0.39 is 0 Å². The van der Waals surface area contributed by atoms with Gasteiger partial charge in [-0.3, -0.25) is 4.90 Å². The topological polar surface area (TPSA) is 24.5 Å². The van der Waals surface area contributed by atoms with Crippen molar-refractivity contribution in [3.05, 3.63) is 0 Å². The zero-order valence-corrected chi connectivity index (χ0v) is 10.6. The van der Waals surface area contributed by atoms with Gasteiger partial charge in [-0.2, -0.15) is 0 Å². The Kier molecular flexibility index (Phi) is 5.07. The summed E-state index contributed by atoms with van der Waals surface area (Å²) in [5.41, 5.74) is 0. The van der Waals surface area contributed by atoms with Crippen molar-refractivity contribution in [3.63, 3.8) is 0 Å². The first-order valence-corrected chi connectivity index (χ1v) is 6.96. The minimum Gasteiger partial charge on any atom is -0.378 e. The summed E-state index contributed by atoms with van der Waals surface area (Å²) in [7, 11) is 0. The van der Waals surface area contributed by atoms with E-state index in [1.807, 2.05) is 0 Å². The summed E-state index contributed by atoms with van der Waals surface area (Å²) >= 11 is 0. The second-order valence-electron chi connectivity index (χ2n) is 5.08. The van der Waals surface area contributed by atoms with E-state index >= 15 is 0 Å². The van der Waals surface area contributed by atoms with Gasteiger partial charge < -0.3 is 10.1 Å². The number of rotatable bonds is 4. The van der Waals surface area contributed by atoms with Gasteiger partial charge in [0, 0.05) is 38.8 Å². The highest BCUT2D eigenvalue weighted by atomic mass is 16.5. The Balaban J connectivity index is 1.70. The maximum absolute atomic E-state index is 5.80. The SMILES string of the molecule is CCC1CNCCN1CCC1CCCCO1. The minimum atomic E-state index is 0.543. The van der Waals surface area contributed by atoms with Crippen molar-refractivity contribution in [2.45, 2.75) is 51.2 Å². The Morgan fingerprint density at radius 3 is 3.06 bits per heavy atom. The third-order valence-corrected chi connectivity index (χ3v) is 3.96. The lowest BCUT2D eigenvalue weighted by molar-refractivity contribution is 0.00140. The number of hydrogen-bond donors (Lipinski definition) is 1. The van der Waals surface area contributed by atoms with Crippen molar-refractivity contribution in [2.24, 2.45) is 0 Å². The summed E-state index contributed by atoms with van der Waals surface area (Å²) in [5.74, 6) is 0. The fraction of sp³-hybridized carbons (Fsp3) is 1.00. The smallest absolute Gasteiger partial charge is 0.0587 e. The highest BCUT2D eigenvalue weighted by Crippen LogP contribution is 2.17. The van der Waals surface area contributed by atoms with Crippen LogP contribution in [0.5, 0.6) is 0 Å². The zero-order chi connectivity index (χ0) is 11.2. The molecule has 0 amide bonds. The summed E-state index contributed by atoms with van der Waals surface area (Å²) in [6, 6.07) is 0.748. The molecule has 0 aromatic rings. The first-order chi connectivity index (χ1) is 7.90. The highest BCUT2D eigenvalue weighted by Gasteiger charge is 2.22. The van der Waals surface area contributed by atoms with Crippen LogP contribution in [0.25, 0.3) is 0 Å². The Morgan fingerprint density at radius 1 is 1.38 bits per heavy atom. The normalized spacial score (nSPS) is 32.8. The molecule has 2 heterocycles. The van der Waals surface area contributed by atoms with Gasteiger partial charge in [-0.05, 0) is 32.1 Å². The van der Waals surface area contributed by atoms with Crippen LogP contribution in [0.4, 0.5) is 0 Å². The second kappa shape index (κ2) is 6.58. The average molecular weight is 226 g/mol. The van der Waals surface area contributed by atoms with Crippen LogP contribution in [0.1, 0.15) is 39.0 Å². The Labute approximate surface area is 99.5 Å². The maximum Gasteiger partial charge on any atom is 0.0587 e. The van der Waals surface area contributed by atoms with E-state index in [9.17, 15) is 0 Å². The first-order valence-electron chi connectivity index (χ1n) is 6.96. The van der Waals surface area contributed by atoms with E-state index in [1.165, 1.54) is 51.7 Å². The molecule has 94 valence electrons. The molecule has 2 aliphatic rings. The summed E-state index contributed by atoms with van der Waals surface area (Å²) in [6.45, 7) is 8.05. The van der Waals surface area contributed by atoms with Crippen molar-refractivity contribution >= 4 is 0 Å². The van der Waals surface area contributed by atoms with Gasteiger partial charge in [0.05, 0.1) is 6.10 Å². The van der Waals surface area contributed by atoms with Crippen molar-refractivity contribution in [3.8, 4) is 0 Å². The largest absolute Gasteiger partial charge is 0.378 e. The predicted molar refractivity (Wildman–Crippen MR) is 66.7 cm³/mol. The van der Waals surface area contributed by atoms with Gasteiger partial charge in [0.25, 0.3) is 0 Å². The number of ether oxygens (including phenoxy) is 1. The van der Waals surface area contributed by atoms with Crippen LogP contribution in [0.2, 0.25) is 0 Å². The molecule has 0 spiro atoms. The Bertz CT molecular complexity index is 192. The van der Waals surface area contributed by atoms with Crippen LogP contribution in [-0.2, 0) is 4.74 Å². The summed E-state index contributed by atoms with van der Waals surface area (Å²) < 4.78 is 5.80. The summed E-state index contributed by atoms with van der Waals surface area (Å²) in [5, 5.41) is 3.48. The van der Waals surface area contributed by atoms with Crippen molar-refractivity contribution in [1.29, 1.82) is 0 Å². The summed E-state index contributed by atoms with van der Waals surface area (Å²) in [6.07, 6.45) is 6.95. The molecule has 0 aromatic heterocycles. The molecule has 2 saturated heterocycles. The summed E-state index contributed by atoms with van der Waals surface area (Å²) in [4.78, 5) is 2.65. The van der Waals surface area contributed by atoms with Crippen LogP contribution in [-0.4, -0.2) is 49.8 Å². The van der Waals surface area contributed by atoms with Crippen LogP contribution in [0.15, 0.2) is 0 Å². The van der Waals surface area contributed by atoms with E-state index in [1.54, 1.807) is 0 Å². The fourth-order valence-corrected chi connectivity index (χ4v) is 2.84. The quantitative estimate of drug-likeness (QED) is 0.788. The molecule has 0 bridgehead atoms. The van der Waals surface area contributed by atoms with Gasteiger partial charge in [-0.1, -0.05) is 6.92 Å². The third-order valence-electron chi connectivity index (χ3n) is 3.96. The number of hydrogen-bond acceptors (Lipinski definition) is 3. The molecule has 3 nitrogen and oxygen atoms in total. The van der Waals surface area contributed by atoms with E-state index in [2.05, 4.69) is 17.1 Å². The molecule has 2 aliphatic heterocycles. The lowest BCUT2D eigenvalue weighted by Gasteiger charge is -2.36. The number of piperazine rings is 1. The van der Waals surface area contributed by atoms with Crippen molar-refractivity contribution in [1.82, 2.24) is 10.2 Å². The standard InChI is InChI=1S/C13H26N2O/c1-2-12-11-14-7-9-15(12)8-6-13-5-3-4-10-16-13/h12-14H,2-11H2,1H3. The van der Waals surface area contributed by atoms with E-state index in [4.69, 9.17) is 4.74 Å². The van der Waals surface area contributed by atoms with Crippen LogP contribution in [0, 0.1) is 0 Å². The van der Waals surface area contributed by atoms with Gasteiger partial charge in [0.1, 0.15) is 0 Å². The maximum atomic E-state index is 5.80. The van der Waals surface area contributed by atoms with Gasteiger partial charge in [0.15, 0.2) is 0 Å². The van der Waals surface area contributed by atoms with Crippen LogP contribution in [0.3, 0.4) is 0 Å². The van der Waals surface area contributed by atoms with Crippen molar-refractivity contribution < 1.29 is 4.74 Å². The van der Waals surface area contributed by atoms with Gasteiger partial charge in [-0.15, -0.1) is 0 Å². The molecule has 2 rings (SSSR count). The molecule has 1 N–H and O–H groups in total. The van der Waals surface area contributed by atoms with Gasteiger partial charge in [0.2, 0.25) is 0 Å². The van der Waals surface area contributed by atoms with E-state index in [0.717, 1.165) is 19.2 Å². The van der Waals surface area contributed by atoms with E-state index in [0.29, 0.717) is 6.10 Å². The van der Waals surface area contributed by atoms with Gasteiger partial charge >= 0.3 is 0 Å². The second-order valence-corrected chi connectivity index (χ2v) is 5.08. The van der Waals surface area contributed by atoms with E-state index in [-0.39, 0.29) is 0 Å². The fourth-order valence-electron chi connectivity index (χ4n) is 2.84. The molecule has 0 saturated carbocycles. The predicted octanol–water partition coefficient (Wildman–Crippen LogP) is 1.63. The number of nitrogens with one attached hydrogen (secondary N) is 1. The Morgan fingerprint density at radius 2 is 2.31 bits per heavy atom. The van der Waals surface area contributed by atoms with Gasteiger partial charge in [-0.25, -0.2) is 0 Å². The zero-order valence-electron chi connectivity index (χ0n) is 10.6. The molecular weight excluding hydrogens is 200 g/mol.